The smallest absolute Gasteiger partial charge is 0.0463 e. The highest BCUT2D eigenvalue weighted by Gasteiger charge is 2.13. The van der Waals surface area contributed by atoms with Crippen LogP contribution in [0, 0.1) is 20.8 Å². The van der Waals surface area contributed by atoms with Gasteiger partial charge in [-0.25, -0.2) is 0 Å². The molecule has 4 heteroatoms. The van der Waals surface area contributed by atoms with Crippen molar-refractivity contribution in [2.75, 3.05) is 20.9 Å². The molecule has 3 N–H and O–H groups in total. The fraction of sp³-hybridized carbons (Fsp3) is 0.0769. The van der Waals surface area contributed by atoms with Gasteiger partial charge in [0.05, 0.1) is 0 Å². The molecule has 0 unspecified atom stereocenters. The second-order valence-corrected chi connectivity index (χ2v) is 11.0. The standard InChI is InChI=1S/C39H36N4/c1-28-7-4-10-34(25-28)40-31-13-19-37(20-14-31)43(38-21-15-32(16-22-38)41-35-11-5-8-29(2)26-35)39-23-17-33(18-24-39)42-36-12-6-9-30(3)27-36/h4-27,40-42H,1-3H3. The summed E-state index contributed by atoms with van der Waals surface area (Å²) in [6.07, 6.45) is 0. The van der Waals surface area contributed by atoms with E-state index in [0.717, 1.165) is 51.2 Å². The summed E-state index contributed by atoms with van der Waals surface area (Å²) < 4.78 is 0. The maximum Gasteiger partial charge on any atom is 0.0463 e. The second-order valence-electron chi connectivity index (χ2n) is 11.0. The Morgan fingerprint density at radius 2 is 0.605 bits per heavy atom. The van der Waals surface area contributed by atoms with Crippen LogP contribution in [0.3, 0.4) is 0 Å². The molecule has 0 aliphatic carbocycles. The van der Waals surface area contributed by atoms with Gasteiger partial charge >= 0.3 is 0 Å². The molecule has 0 aliphatic heterocycles. The number of rotatable bonds is 9. The van der Waals surface area contributed by atoms with Gasteiger partial charge in [-0.1, -0.05) is 36.4 Å². The Bertz CT molecular complexity index is 1590. The Labute approximate surface area is 254 Å². The van der Waals surface area contributed by atoms with E-state index < -0.39 is 0 Å². The molecule has 43 heavy (non-hydrogen) atoms. The van der Waals surface area contributed by atoms with Gasteiger partial charge in [0.25, 0.3) is 0 Å². The third-order valence-electron chi connectivity index (χ3n) is 7.30. The molecular weight excluding hydrogens is 524 g/mol. The maximum atomic E-state index is 3.52. The van der Waals surface area contributed by atoms with Gasteiger partial charge < -0.3 is 20.9 Å². The van der Waals surface area contributed by atoms with Crippen molar-refractivity contribution < 1.29 is 0 Å². The van der Waals surface area contributed by atoms with Crippen LogP contribution >= 0.6 is 0 Å². The molecule has 0 radical (unpaired) electrons. The van der Waals surface area contributed by atoms with Crippen molar-refractivity contribution in [2.45, 2.75) is 20.8 Å². The van der Waals surface area contributed by atoms with Crippen LogP contribution in [0.1, 0.15) is 16.7 Å². The van der Waals surface area contributed by atoms with Gasteiger partial charge in [0, 0.05) is 51.2 Å². The first-order valence-corrected chi connectivity index (χ1v) is 14.6. The number of hydrogen-bond acceptors (Lipinski definition) is 4. The zero-order valence-corrected chi connectivity index (χ0v) is 24.8. The molecule has 6 aromatic carbocycles. The Kier molecular flexibility index (Phi) is 8.10. The molecule has 6 rings (SSSR count). The van der Waals surface area contributed by atoms with Crippen LogP contribution in [0.2, 0.25) is 0 Å². The van der Waals surface area contributed by atoms with Crippen LogP contribution in [0.25, 0.3) is 0 Å². The quantitative estimate of drug-likeness (QED) is 0.164. The van der Waals surface area contributed by atoms with Crippen molar-refractivity contribution in [3.05, 3.63) is 162 Å². The molecule has 0 atom stereocenters. The Balaban J connectivity index is 1.28. The predicted octanol–water partition coefficient (Wildman–Crippen LogP) is 11.3. The summed E-state index contributed by atoms with van der Waals surface area (Å²) >= 11 is 0. The van der Waals surface area contributed by atoms with E-state index in [1.165, 1.54) is 16.7 Å². The summed E-state index contributed by atoms with van der Waals surface area (Å²) in [5.74, 6) is 0. The van der Waals surface area contributed by atoms with E-state index in [4.69, 9.17) is 0 Å². The fourth-order valence-corrected chi connectivity index (χ4v) is 5.20. The summed E-state index contributed by atoms with van der Waals surface area (Å²) in [7, 11) is 0. The molecule has 0 spiro atoms. The minimum atomic E-state index is 1.05. The lowest BCUT2D eigenvalue weighted by Gasteiger charge is -2.26. The van der Waals surface area contributed by atoms with Crippen LogP contribution in [0.5, 0.6) is 0 Å². The average molecular weight is 561 g/mol. The van der Waals surface area contributed by atoms with Crippen molar-refractivity contribution in [1.29, 1.82) is 0 Å². The molecule has 6 aromatic rings. The number of aryl methyl sites for hydroxylation is 3. The summed E-state index contributed by atoms with van der Waals surface area (Å²) in [6, 6.07) is 51.0. The highest BCUT2D eigenvalue weighted by molar-refractivity contribution is 5.80. The predicted molar refractivity (Wildman–Crippen MR) is 185 cm³/mol. The summed E-state index contributed by atoms with van der Waals surface area (Å²) in [5, 5.41) is 10.6. The van der Waals surface area contributed by atoms with Crippen LogP contribution in [0.15, 0.2) is 146 Å². The molecule has 0 amide bonds. The number of hydrogen-bond donors (Lipinski definition) is 3. The minimum Gasteiger partial charge on any atom is -0.356 e. The molecule has 212 valence electrons. The van der Waals surface area contributed by atoms with Gasteiger partial charge in [-0.2, -0.15) is 0 Å². The summed E-state index contributed by atoms with van der Waals surface area (Å²) in [6.45, 7) is 6.32. The van der Waals surface area contributed by atoms with Crippen molar-refractivity contribution in [3.63, 3.8) is 0 Å². The Morgan fingerprint density at radius 1 is 0.326 bits per heavy atom. The molecule has 0 saturated heterocycles. The van der Waals surface area contributed by atoms with Crippen LogP contribution in [-0.2, 0) is 0 Å². The van der Waals surface area contributed by atoms with Crippen LogP contribution < -0.4 is 20.9 Å². The molecule has 0 bridgehead atoms. The van der Waals surface area contributed by atoms with Crippen molar-refractivity contribution in [3.8, 4) is 0 Å². The lowest BCUT2D eigenvalue weighted by Crippen LogP contribution is -2.10. The lowest BCUT2D eigenvalue weighted by atomic mass is 10.1. The first kappa shape index (κ1) is 27.7. The minimum absolute atomic E-state index is 1.05. The van der Waals surface area contributed by atoms with Crippen molar-refractivity contribution >= 4 is 51.2 Å². The molecule has 0 heterocycles. The summed E-state index contributed by atoms with van der Waals surface area (Å²) in [4.78, 5) is 2.28. The zero-order valence-electron chi connectivity index (χ0n) is 24.8. The number of anilines is 9. The molecule has 0 aliphatic rings. The molecule has 4 nitrogen and oxygen atoms in total. The van der Waals surface area contributed by atoms with E-state index in [0.29, 0.717) is 0 Å². The van der Waals surface area contributed by atoms with Gasteiger partial charge in [0.1, 0.15) is 0 Å². The van der Waals surface area contributed by atoms with E-state index in [2.05, 4.69) is 187 Å². The van der Waals surface area contributed by atoms with Gasteiger partial charge in [-0.15, -0.1) is 0 Å². The molecule has 0 fully saturated rings. The van der Waals surface area contributed by atoms with Crippen molar-refractivity contribution in [2.24, 2.45) is 0 Å². The van der Waals surface area contributed by atoms with Crippen molar-refractivity contribution in [1.82, 2.24) is 0 Å². The van der Waals surface area contributed by atoms with E-state index in [9.17, 15) is 0 Å². The first-order valence-electron chi connectivity index (χ1n) is 14.6. The monoisotopic (exact) mass is 560 g/mol. The fourth-order valence-electron chi connectivity index (χ4n) is 5.20. The van der Waals surface area contributed by atoms with Gasteiger partial charge in [-0.3, -0.25) is 0 Å². The highest BCUT2D eigenvalue weighted by atomic mass is 15.1. The first-order chi connectivity index (χ1) is 21.0. The largest absolute Gasteiger partial charge is 0.356 e. The van der Waals surface area contributed by atoms with E-state index >= 15 is 0 Å². The van der Waals surface area contributed by atoms with Crippen LogP contribution in [0.4, 0.5) is 51.2 Å². The van der Waals surface area contributed by atoms with Gasteiger partial charge in [0.15, 0.2) is 0 Å². The topological polar surface area (TPSA) is 39.3 Å². The molecule has 0 aromatic heterocycles. The third kappa shape index (κ3) is 7.06. The summed E-state index contributed by atoms with van der Waals surface area (Å²) in [5.41, 5.74) is 13.3. The Hall–Kier alpha value is -5.48. The molecular formula is C39H36N4. The van der Waals surface area contributed by atoms with E-state index in [-0.39, 0.29) is 0 Å². The van der Waals surface area contributed by atoms with Gasteiger partial charge in [0.2, 0.25) is 0 Å². The zero-order chi connectivity index (χ0) is 29.6. The Morgan fingerprint density at radius 3 is 0.860 bits per heavy atom. The number of nitrogens with zero attached hydrogens (tertiary/aromatic N) is 1. The maximum absolute atomic E-state index is 3.52. The SMILES string of the molecule is Cc1cccc(Nc2ccc(N(c3ccc(Nc4cccc(C)c4)cc3)c3ccc(Nc4cccc(C)c4)cc3)cc2)c1. The van der Waals surface area contributed by atoms with Crippen LogP contribution in [-0.4, -0.2) is 0 Å². The normalized spacial score (nSPS) is 10.7. The number of nitrogens with one attached hydrogen (secondary N) is 3. The lowest BCUT2D eigenvalue weighted by molar-refractivity contribution is 1.28. The third-order valence-corrected chi connectivity index (χ3v) is 7.30. The average Bonchev–Trinajstić information content (AvgIpc) is 3.00. The number of benzene rings is 6. The molecule has 0 saturated carbocycles. The highest BCUT2D eigenvalue weighted by Crippen LogP contribution is 2.37. The second kappa shape index (κ2) is 12.6. The van der Waals surface area contributed by atoms with E-state index in [1.54, 1.807) is 0 Å². The van der Waals surface area contributed by atoms with E-state index in [1.807, 2.05) is 0 Å². The van der Waals surface area contributed by atoms with Gasteiger partial charge in [-0.05, 0) is 147 Å².